The van der Waals surface area contributed by atoms with E-state index in [9.17, 15) is 4.89 Å². The minimum Gasteiger partial charge on any atom is -0.338 e. The van der Waals surface area contributed by atoms with E-state index in [1.165, 1.54) is 6.21 Å². The van der Waals surface area contributed by atoms with Crippen LogP contribution in [0.1, 0.15) is 41.0 Å². The van der Waals surface area contributed by atoms with E-state index in [1.807, 2.05) is 38.4 Å². The zero-order valence-electron chi connectivity index (χ0n) is 11.3. The van der Waals surface area contributed by atoms with Gasteiger partial charge >= 0.3 is 0 Å². The van der Waals surface area contributed by atoms with Crippen molar-refractivity contribution in [2.24, 2.45) is 0 Å². The van der Waals surface area contributed by atoms with Crippen molar-refractivity contribution >= 4 is 14.7 Å². The number of nitrogens with one attached hydrogen (secondary N) is 1. The van der Waals surface area contributed by atoms with E-state index in [4.69, 9.17) is 15.2 Å². The van der Waals surface area contributed by atoms with Gasteiger partial charge in [-0.3, -0.25) is 0 Å². The Balaban J connectivity index is 0. The largest absolute Gasteiger partial charge is 0.338 e. The first-order valence-electron chi connectivity index (χ1n) is 5.64. The van der Waals surface area contributed by atoms with Gasteiger partial charge < -0.3 is 14.8 Å². The quantitative estimate of drug-likeness (QED) is 0.437. The van der Waals surface area contributed by atoms with Crippen molar-refractivity contribution in [3.05, 3.63) is 0 Å². The van der Waals surface area contributed by atoms with E-state index in [2.05, 4.69) is 0 Å². The molecule has 1 atom stereocenters. The summed E-state index contributed by atoms with van der Waals surface area (Å²) in [5, 5.41) is 14.4. The molecular weight excluding hydrogens is 237 g/mol. The number of nitrogens with zero attached hydrogens (tertiary/aromatic N) is 2. The van der Waals surface area contributed by atoms with Gasteiger partial charge in [-0.1, -0.05) is 0 Å². The summed E-state index contributed by atoms with van der Waals surface area (Å²) in [6, 6.07) is 2.46. The van der Waals surface area contributed by atoms with Gasteiger partial charge in [0.15, 0.2) is 0 Å². The van der Waals surface area contributed by atoms with Crippen molar-refractivity contribution in [3.63, 3.8) is 0 Å². The molecule has 0 heterocycles. The van der Waals surface area contributed by atoms with Crippen molar-refractivity contribution < 1.29 is 9.42 Å². The summed E-state index contributed by atoms with van der Waals surface area (Å²) in [6.45, 7) is 10.0. The highest BCUT2D eigenvalue weighted by molar-refractivity contribution is 7.43. The summed E-state index contributed by atoms with van der Waals surface area (Å²) in [5.74, 6) is 0. The zero-order chi connectivity index (χ0) is 13.8. The molecule has 0 aromatic carbocycles. The molecule has 0 bridgehead atoms. The third kappa shape index (κ3) is 10.3. The first-order chi connectivity index (χ1) is 7.92. The van der Waals surface area contributed by atoms with Crippen LogP contribution in [-0.4, -0.2) is 34.5 Å². The van der Waals surface area contributed by atoms with Crippen LogP contribution in [0.4, 0.5) is 0 Å². The van der Waals surface area contributed by atoms with Crippen LogP contribution in [0.5, 0.6) is 0 Å². The van der Waals surface area contributed by atoms with Gasteiger partial charge in [0.1, 0.15) is 0 Å². The Morgan fingerprint density at radius 3 is 2.12 bits per heavy atom. The van der Waals surface area contributed by atoms with Gasteiger partial charge in [-0.15, -0.1) is 0 Å². The van der Waals surface area contributed by atoms with Gasteiger partial charge in [0.25, 0.3) is 8.53 Å². The maximum absolute atomic E-state index is 9.74. The molecule has 100 valence electrons. The van der Waals surface area contributed by atoms with E-state index in [0.717, 1.165) is 0 Å². The predicted octanol–water partition coefficient (Wildman–Crippen LogP) is 2.91. The van der Waals surface area contributed by atoms with Crippen LogP contribution in [0.2, 0.25) is 0 Å². The van der Waals surface area contributed by atoms with Gasteiger partial charge in [-0.05, 0) is 40.8 Å². The van der Waals surface area contributed by atoms with Crippen molar-refractivity contribution in [2.75, 3.05) is 6.61 Å². The van der Waals surface area contributed by atoms with E-state index < -0.39 is 8.53 Å². The lowest BCUT2D eigenvalue weighted by molar-refractivity contribution is 0.215. The standard InChI is InChI=1S/C9H19N2O2P.C2H5N/c1-8(2)11(9(3)4)14(12)13-7-5-6-10;1-2-3/h8-9,12H,5,7H2,1-4H3;2-3H,1H3. The summed E-state index contributed by atoms with van der Waals surface area (Å²) in [4.78, 5) is 9.74. The molecule has 0 amide bonds. The lowest BCUT2D eigenvalue weighted by Gasteiger charge is -2.32. The molecule has 0 spiro atoms. The second-order valence-electron chi connectivity index (χ2n) is 3.85. The molecule has 0 aromatic rings. The number of hydrogen-bond acceptors (Lipinski definition) is 5. The monoisotopic (exact) mass is 261 g/mol. The fraction of sp³-hybridized carbons (Fsp3) is 0.818. The molecule has 0 aliphatic carbocycles. The summed E-state index contributed by atoms with van der Waals surface area (Å²) in [7, 11) is -1.55. The Morgan fingerprint density at radius 1 is 1.41 bits per heavy atom. The Labute approximate surface area is 106 Å². The minimum atomic E-state index is -1.55. The Morgan fingerprint density at radius 2 is 1.82 bits per heavy atom. The first-order valence-corrected chi connectivity index (χ1v) is 6.81. The molecule has 2 N–H and O–H groups in total. The molecule has 0 aromatic heterocycles. The van der Waals surface area contributed by atoms with Crippen molar-refractivity contribution in [3.8, 4) is 6.07 Å². The van der Waals surface area contributed by atoms with Gasteiger partial charge in [-0.25, -0.2) is 4.67 Å². The molecule has 0 aliphatic rings. The summed E-state index contributed by atoms with van der Waals surface area (Å²) in [6.07, 6.45) is 1.57. The maximum atomic E-state index is 9.74. The second kappa shape index (κ2) is 11.9. The topological polar surface area (TPSA) is 80.3 Å². The molecule has 5 nitrogen and oxygen atoms in total. The SMILES string of the molecule is CC(C)N(C(C)C)P(O)OCCC#N.CC=N. The highest BCUT2D eigenvalue weighted by Crippen LogP contribution is 2.40. The van der Waals surface area contributed by atoms with Crippen LogP contribution in [0, 0.1) is 16.7 Å². The third-order valence-corrected chi connectivity index (χ3v) is 3.41. The van der Waals surface area contributed by atoms with E-state index >= 15 is 0 Å². The smallest absolute Gasteiger partial charge is 0.256 e. The highest BCUT2D eigenvalue weighted by atomic mass is 31.2. The van der Waals surface area contributed by atoms with Crippen molar-refractivity contribution in [1.82, 2.24) is 4.67 Å². The predicted molar refractivity (Wildman–Crippen MR) is 71.9 cm³/mol. The molecule has 17 heavy (non-hydrogen) atoms. The maximum Gasteiger partial charge on any atom is 0.256 e. The molecule has 0 saturated carbocycles. The van der Waals surface area contributed by atoms with E-state index in [1.54, 1.807) is 6.92 Å². The average Bonchev–Trinajstić information content (AvgIpc) is 2.17. The normalized spacial score (nSPS) is 12.0. The summed E-state index contributed by atoms with van der Waals surface area (Å²) in [5.41, 5.74) is 0. The number of rotatable bonds is 6. The summed E-state index contributed by atoms with van der Waals surface area (Å²) < 4.78 is 7.10. The fourth-order valence-corrected chi connectivity index (χ4v) is 2.41. The minimum absolute atomic E-state index is 0.244. The Bertz CT molecular complexity index is 221. The van der Waals surface area contributed by atoms with E-state index in [0.29, 0.717) is 13.0 Å². The van der Waals surface area contributed by atoms with Crippen LogP contribution in [-0.2, 0) is 4.52 Å². The van der Waals surface area contributed by atoms with Crippen LogP contribution in [0.3, 0.4) is 0 Å². The lowest BCUT2D eigenvalue weighted by Crippen LogP contribution is -2.32. The van der Waals surface area contributed by atoms with Gasteiger partial charge in [0.05, 0.1) is 19.1 Å². The number of nitriles is 1. The molecule has 6 heteroatoms. The van der Waals surface area contributed by atoms with Crippen LogP contribution in [0.15, 0.2) is 0 Å². The van der Waals surface area contributed by atoms with Crippen LogP contribution < -0.4 is 0 Å². The molecule has 1 unspecified atom stereocenters. The molecule has 0 radical (unpaired) electrons. The second-order valence-corrected chi connectivity index (χ2v) is 5.08. The van der Waals surface area contributed by atoms with Crippen molar-refractivity contribution in [2.45, 2.75) is 53.1 Å². The van der Waals surface area contributed by atoms with Gasteiger partial charge in [0, 0.05) is 12.1 Å². The molecular formula is C11H24N3O2P. The number of hydrogen-bond donors (Lipinski definition) is 2. The van der Waals surface area contributed by atoms with Gasteiger partial charge in [0.2, 0.25) is 0 Å². The van der Waals surface area contributed by atoms with Crippen molar-refractivity contribution in [1.29, 1.82) is 10.7 Å². The van der Waals surface area contributed by atoms with Crippen LogP contribution >= 0.6 is 8.53 Å². The van der Waals surface area contributed by atoms with Crippen LogP contribution in [0.25, 0.3) is 0 Å². The Kier molecular flexibility index (Phi) is 13.2. The lowest BCUT2D eigenvalue weighted by atomic mass is 10.3. The molecule has 0 rings (SSSR count). The highest BCUT2D eigenvalue weighted by Gasteiger charge is 2.23. The first kappa shape index (κ1) is 18.8. The molecule has 0 aliphatic heterocycles. The summed E-state index contributed by atoms with van der Waals surface area (Å²) >= 11 is 0. The van der Waals surface area contributed by atoms with Gasteiger partial charge in [-0.2, -0.15) is 5.26 Å². The fourth-order valence-electron chi connectivity index (χ4n) is 1.23. The van der Waals surface area contributed by atoms with E-state index in [-0.39, 0.29) is 12.1 Å². The molecule has 0 saturated heterocycles. The molecule has 0 fully saturated rings. The Hall–Kier alpha value is -0.530. The average molecular weight is 261 g/mol. The third-order valence-electron chi connectivity index (χ3n) is 1.68. The zero-order valence-corrected chi connectivity index (χ0v) is 12.2.